The minimum Gasteiger partial charge on any atom is -0.494 e. The third kappa shape index (κ3) is 5.56. The molecule has 0 aliphatic rings. The Labute approximate surface area is 208 Å². The number of nitrogens with zero attached hydrogens (tertiary/aromatic N) is 5. The highest BCUT2D eigenvalue weighted by Crippen LogP contribution is 2.37. The van der Waals surface area contributed by atoms with E-state index in [1.54, 1.807) is 43.3 Å². The van der Waals surface area contributed by atoms with Gasteiger partial charge in [-0.05, 0) is 32.3 Å². The molecule has 35 heavy (non-hydrogen) atoms. The number of nitrogen functional groups attached to an aromatic ring is 1. The number of halogens is 1. The number of nitrogens with two attached hydrogens (primary N) is 1. The summed E-state index contributed by atoms with van der Waals surface area (Å²) in [5, 5.41) is 7.96. The summed E-state index contributed by atoms with van der Waals surface area (Å²) in [7, 11) is 7.14. The van der Waals surface area contributed by atoms with Crippen LogP contribution >= 0.6 is 11.6 Å². The van der Waals surface area contributed by atoms with Crippen LogP contribution in [0.3, 0.4) is 0 Å². The molecule has 1 unspecified atom stereocenters. The van der Waals surface area contributed by atoms with Gasteiger partial charge in [-0.25, -0.2) is 14.5 Å². The number of ether oxygens (including phenoxy) is 3. The molecule has 11 heteroatoms. The Morgan fingerprint density at radius 3 is 2.74 bits per heavy atom. The minimum atomic E-state index is -0.200. The first-order valence-corrected chi connectivity index (χ1v) is 11.3. The lowest BCUT2D eigenvalue weighted by molar-refractivity contribution is 0.0643. The highest BCUT2D eigenvalue weighted by molar-refractivity contribution is 6.33. The number of rotatable bonds is 10. The molecule has 0 aliphatic heterocycles. The predicted octanol–water partition coefficient (Wildman–Crippen LogP) is 3.73. The zero-order valence-corrected chi connectivity index (χ0v) is 20.8. The van der Waals surface area contributed by atoms with Crippen molar-refractivity contribution in [1.29, 1.82) is 0 Å². The molecule has 1 atom stereocenters. The van der Waals surface area contributed by atoms with E-state index in [1.165, 1.54) is 0 Å². The number of aromatic nitrogens is 4. The summed E-state index contributed by atoms with van der Waals surface area (Å²) < 4.78 is 18.7. The van der Waals surface area contributed by atoms with E-state index in [0.717, 1.165) is 11.1 Å². The standard InChI is InChI=1S/C24H28ClN7O3/c1-31(2)13-15(14-33-3)35-21-10-22(34-4)19(9-18(21)26)29-24-27-12-17(25)23(30-24)16-11-28-32-8-6-5-7-20(16)32/h5-12,15H,13-14,26H2,1-4H3,(H,27,29,30). The molecule has 10 nitrogen and oxygen atoms in total. The molecular formula is C24H28ClN7O3. The van der Waals surface area contributed by atoms with E-state index >= 15 is 0 Å². The van der Waals surface area contributed by atoms with E-state index < -0.39 is 0 Å². The highest BCUT2D eigenvalue weighted by Gasteiger charge is 2.18. The lowest BCUT2D eigenvalue weighted by Crippen LogP contribution is -2.34. The topological polar surface area (TPSA) is 112 Å². The summed E-state index contributed by atoms with van der Waals surface area (Å²) in [5.74, 6) is 1.35. The number of nitrogens with one attached hydrogen (secondary N) is 1. The van der Waals surface area contributed by atoms with Gasteiger partial charge >= 0.3 is 0 Å². The first-order chi connectivity index (χ1) is 16.9. The van der Waals surface area contributed by atoms with Gasteiger partial charge in [0.05, 0.1) is 53.7 Å². The van der Waals surface area contributed by atoms with E-state index in [9.17, 15) is 0 Å². The third-order valence-electron chi connectivity index (χ3n) is 5.22. The van der Waals surface area contributed by atoms with Crippen LogP contribution in [0.1, 0.15) is 0 Å². The van der Waals surface area contributed by atoms with Gasteiger partial charge in [0, 0.05) is 31.5 Å². The molecule has 0 amide bonds. The Bertz CT molecular complexity index is 1310. The van der Waals surface area contributed by atoms with E-state index in [1.807, 2.05) is 43.4 Å². The molecule has 0 bridgehead atoms. The van der Waals surface area contributed by atoms with E-state index in [0.29, 0.717) is 52.7 Å². The second kappa shape index (κ2) is 10.8. The molecule has 1 aromatic carbocycles. The zero-order chi connectivity index (χ0) is 24.9. The fourth-order valence-electron chi connectivity index (χ4n) is 3.70. The smallest absolute Gasteiger partial charge is 0.227 e. The number of likely N-dealkylation sites (N-methyl/N-ethyl adjacent to an activating group) is 1. The molecule has 184 valence electrons. The summed E-state index contributed by atoms with van der Waals surface area (Å²) in [6.45, 7) is 1.09. The quantitative estimate of drug-likeness (QED) is 0.316. The van der Waals surface area contributed by atoms with Gasteiger partial charge < -0.3 is 30.2 Å². The molecule has 4 rings (SSSR count). The summed E-state index contributed by atoms with van der Waals surface area (Å²) in [5.41, 5.74) is 9.57. The van der Waals surface area contributed by atoms with Crippen molar-refractivity contribution in [3.63, 3.8) is 0 Å². The van der Waals surface area contributed by atoms with Crippen molar-refractivity contribution in [1.82, 2.24) is 24.5 Å². The van der Waals surface area contributed by atoms with Crippen LogP contribution in [0.2, 0.25) is 5.02 Å². The summed E-state index contributed by atoms with van der Waals surface area (Å²) in [6, 6.07) is 9.24. The minimum absolute atomic E-state index is 0.200. The van der Waals surface area contributed by atoms with Crippen LogP contribution in [-0.2, 0) is 4.74 Å². The second-order valence-electron chi connectivity index (χ2n) is 8.15. The van der Waals surface area contributed by atoms with Crippen molar-refractivity contribution >= 4 is 34.4 Å². The monoisotopic (exact) mass is 497 g/mol. The summed E-state index contributed by atoms with van der Waals surface area (Å²) in [6.07, 6.45) is 4.93. The normalized spacial score (nSPS) is 12.2. The Morgan fingerprint density at radius 2 is 2.00 bits per heavy atom. The van der Waals surface area contributed by atoms with Gasteiger partial charge in [-0.1, -0.05) is 17.7 Å². The van der Waals surface area contributed by atoms with Gasteiger partial charge in [-0.2, -0.15) is 5.10 Å². The maximum Gasteiger partial charge on any atom is 0.227 e. The van der Waals surface area contributed by atoms with Crippen molar-refractivity contribution in [2.24, 2.45) is 0 Å². The molecule has 0 aliphatic carbocycles. The largest absolute Gasteiger partial charge is 0.494 e. The van der Waals surface area contributed by atoms with Gasteiger partial charge in [0.25, 0.3) is 0 Å². The first kappa shape index (κ1) is 24.5. The van der Waals surface area contributed by atoms with Crippen LogP contribution in [0.5, 0.6) is 11.5 Å². The molecule has 3 heterocycles. The number of anilines is 3. The Hall–Kier alpha value is -3.60. The zero-order valence-electron chi connectivity index (χ0n) is 20.0. The molecule has 3 N–H and O–H groups in total. The lowest BCUT2D eigenvalue weighted by Gasteiger charge is -2.23. The fraction of sp³-hybridized carbons (Fsp3) is 0.292. The third-order valence-corrected chi connectivity index (χ3v) is 5.50. The molecule has 0 radical (unpaired) electrons. The van der Waals surface area contributed by atoms with E-state index in [2.05, 4.69) is 20.4 Å². The number of benzene rings is 1. The number of hydrogen-bond donors (Lipinski definition) is 2. The average molecular weight is 498 g/mol. The molecule has 0 saturated carbocycles. The lowest BCUT2D eigenvalue weighted by atomic mass is 10.2. The van der Waals surface area contributed by atoms with Gasteiger partial charge in [-0.15, -0.1) is 0 Å². The first-order valence-electron chi connectivity index (χ1n) is 10.9. The van der Waals surface area contributed by atoms with Gasteiger partial charge in [0.1, 0.15) is 17.6 Å². The molecule has 0 saturated heterocycles. The maximum atomic E-state index is 6.44. The molecule has 3 aromatic heterocycles. The molecule has 0 spiro atoms. The highest BCUT2D eigenvalue weighted by atomic mass is 35.5. The van der Waals surface area contributed by atoms with Gasteiger partial charge in [0.15, 0.2) is 0 Å². The molecular weight excluding hydrogens is 470 g/mol. The van der Waals surface area contributed by atoms with Crippen LogP contribution in [0, 0.1) is 0 Å². The Kier molecular flexibility index (Phi) is 7.54. The molecule has 0 fully saturated rings. The van der Waals surface area contributed by atoms with Crippen molar-refractivity contribution in [2.75, 3.05) is 52.5 Å². The van der Waals surface area contributed by atoms with Crippen molar-refractivity contribution in [3.05, 3.63) is 53.9 Å². The molecule has 4 aromatic rings. The number of pyridine rings is 1. The van der Waals surface area contributed by atoms with Crippen molar-refractivity contribution in [2.45, 2.75) is 6.10 Å². The van der Waals surface area contributed by atoms with Crippen LogP contribution in [0.15, 0.2) is 48.9 Å². The van der Waals surface area contributed by atoms with Crippen LogP contribution in [0.25, 0.3) is 16.8 Å². The van der Waals surface area contributed by atoms with Crippen LogP contribution < -0.4 is 20.5 Å². The van der Waals surface area contributed by atoms with Gasteiger partial charge in [0.2, 0.25) is 5.95 Å². The summed E-state index contributed by atoms with van der Waals surface area (Å²) >= 11 is 6.44. The van der Waals surface area contributed by atoms with Crippen molar-refractivity contribution < 1.29 is 14.2 Å². The van der Waals surface area contributed by atoms with Crippen LogP contribution in [0.4, 0.5) is 17.3 Å². The Morgan fingerprint density at radius 1 is 1.17 bits per heavy atom. The Balaban J connectivity index is 1.63. The maximum absolute atomic E-state index is 6.44. The van der Waals surface area contributed by atoms with E-state index in [4.69, 9.17) is 31.5 Å². The number of hydrogen-bond acceptors (Lipinski definition) is 9. The van der Waals surface area contributed by atoms with Crippen LogP contribution in [-0.4, -0.2) is 72.1 Å². The predicted molar refractivity (Wildman–Crippen MR) is 137 cm³/mol. The summed E-state index contributed by atoms with van der Waals surface area (Å²) in [4.78, 5) is 11.0. The fourth-order valence-corrected chi connectivity index (χ4v) is 3.89. The number of fused-ring (bicyclic) bond motifs is 1. The second-order valence-corrected chi connectivity index (χ2v) is 8.56. The average Bonchev–Trinajstić information content (AvgIpc) is 3.25. The van der Waals surface area contributed by atoms with Crippen molar-refractivity contribution in [3.8, 4) is 22.8 Å². The SMILES string of the molecule is COCC(CN(C)C)Oc1cc(OC)c(Nc2ncc(Cl)c(-c3cnn4ccccc34)n2)cc1N. The van der Waals surface area contributed by atoms with Gasteiger partial charge in [-0.3, -0.25) is 0 Å². The number of methoxy groups -OCH3 is 2. The van der Waals surface area contributed by atoms with E-state index in [-0.39, 0.29) is 6.10 Å².